The number of carboxylic acids is 1. The topological polar surface area (TPSA) is 115 Å². The molecule has 1 aliphatic rings. The van der Waals surface area contributed by atoms with Crippen LogP contribution in [0, 0.1) is 5.92 Å². The van der Waals surface area contributed by atoms with Gasteiger partial charge in [-0.05, 0) is 31.4 Å². The molecule has 9 heteroatoms. The van der Waals surface area contributed by atoms with E-state index in [1.807, 2.05) is 60.7 Å². The Bertz CT molecular complexity index is 854. The molecule has 2 aromatic rings. The van der Waals surface area contributed by atoms with Gasteiger partial charge in [0.2, 0.25) is 0 Å². The zero-order valence-electron chi connectivity index (χ0n) is 15.4. The molecule has 1 aliphatic carbocycles. The first-order chi connectivity index (χ1) is 12.8. The van der Waals surface area contributed by atoms with Gasteiger partial charge in [-0.3, -0.25) is 4.79 Å². The van der Waals surface area contributed by atoms with Crippen LogP contribution in [0.3, 0.4) is 0 Å². The van der Waals surface area contributed by atoms with Crippen molar-refractivity contribution in [3.05, 3.63) is 60.7 Å². The third kappa shape index (κ3) is 5.22. The van der Waals surface area contributed by atoms with Crippen molar-refractivity contribution in [2.45, 2.75) is 29.9 Å². The number of aliphatic carboxylic acids is 1. The van der Waals surface area contributed by atoms with Crippen LogP contribution in [0.2, 0.25) is 0 Å². The van der Waals surface area contributed by atoms with Crippen molar-refractivity contribution in [3.8, 4) is 0 Å². The maximum Gasteiger partial charge on any atom is 1.00 e. The minimum absolute atomic E-state index is 0. The largest absolute Gasteiger partial charge is 1.00 e. The molecule has 3 rings (SSSR count). The zero-order valence-corrected chi connectivity index (χ0v) is 19.1. The molecule has 0 bridgehead atoms. The van der Waals surface area contributed by atoms with Gasteiger partial charge >= 0.3 is 35.5 Å². The Morgan fingerprint density at radius 1 is 0.964 bits per heavy atom. The second kappa shape index (κ2) is 9.81. The van der Waals surface area contributed by atoms with Crippen molar-refractivity contribution in [1.29, 1.82) is 0 Å². The second-order valence-corrected chi connectivity index (χ2v) is 10.7. The number of aliphatic hydroxyl groups is 1. The van der Waals surface area contributed by atoms with Gasteiger partial charge in [0.25, 0.3) is 0 Å². The van der Waals surface area contributed by atoms with E-state index in [-0.39, 0.29) is 42.4 Å². The Hall–Kier alpha value is -0.790. The van der Waals surface area contributed by atoms with E-state index in [0.29, 0.717) is 0 Å². The van der Waals surface area contributed by atoms with Crippen LogP contribution in [0.1, 0.15) is 12.8 Å². The fourth-order valence-corrected chi connectivity index (χ4v) is 7.70. The Morgan fingerprint density at radius 2 is 1.43 bits per heavy atom. The molecule has 4 unspecified atom stereocenters. The minimum atomic E-state index is -4.66. The monoisotopic (exact) mass is 430 g/mol. The van der Waals surface area contributed by atoms with Gasteiger partial charge in [-0.2, -0.15) is 0 Å². The fourth-order valence-electron chi connectivity index (χ4n) is 3.65. The minimum Gasteiger partial charge on any atom is -0.748 e. The van der Waals surface area contributed by atoms with Gasteiger partial charge in [0.1, 0.15) is 0 Å². The van der Waals surface area contributed by atoms with E-state index < -0.39 is 46.9 Å². The molecule has 0 heterocycles. The predicted octanol–water partition coefficient (Wildman–Crippen LogP) is -1.74. The number of carboxylic acid groups (broad SMARTS) is 1. The standard InChI is InChI=1S/C19H21O6PS.Na/c20-18-16(19(21)22)11-15(27(23,24)25)12-17(18)26(13-7-3-1-4-8-13)14-9-5-2-6-10-14;/h1-10,15-18,20H,11-12H2,(H,21,22)(H,23,24,25);/q;+1/p-1. The van der Waals surface area contributed by atoms with Crippen LogP contribution in [-0.4, -0.2) is 46.2 Å². The van der Waals surface area contributed by atoms with Gasteiger partial charge in [0, 0.05) is 5.66 Å². The molecule has 0 amide bonds. The molecule has 0 aromatic heterocycles. The van der Waals surface area contributed by atoms with E-state index in [0.717, 1.165) is 10.6 Å². The molecule has 4 atom stereocenters. The summed E-state index contributed by atoms with van der Waals surface area (Å²) in [5, 5.41) is 20.8. The molecule has 28 heavy (non-hydrogen) atoms. The fraction of sp³-hybridized carbons (Fsp3) is 0.316. The summed E-state index contributed by atoms with van der Waals surface area (Å²) in [7, 11) is -5.91. The average Bonchev–Trinajstić information content (AvgIpc) is 2.64. The summed E-state index contributed by atoms with van der Waals surface area (Å²) in [6.45, 7) is 0. The summed E-state index contributed by atoms with van der Waals surface area (Å²) < 4.78 is 35.0. The SMILES string of the molecule is O=C(O)C1CC(S(=O)(=O)[O-])CC(P(c2ccccc2)c2ccccc2)C1O.[Na+]. The predicted molar refractivity (Wildman–Crippen MR) is 103 cm³/mol. The maximum absolute atomic E-state index is 11.7. The molecule has 6 nitrogen and oxygen atoms in total. The second-order valence-electron chi connectivity index (χ2n) is 6.63. The van der Waals surface area contributed by atoms with E-state index >= 15 is 0 Å². The van der Waals surface area contributed by atoms with Crippen molar-refractivity contribution < 1.29 is 57.5 Å². The van der Waals surface area contributed by atoms with Crippen LogP contribution in [0.5, 0.6) is 0 Å². The molecule has 144 valence electrons. The molecule has 0 saturated heterocycles. The van der Waals surface area contributed by atoms with Gasteiger partial charge in [0.15, 0.2) is 0 Å². The Balaban J connectivity index is 0.00000280. The third-order valence-electron chi connectivity index (χ3n) is 4.95. The zero-order chi connectivity index (χ0) is 19.6. The number of hydrogen-bond acceptors (Lipinski definition) is 5. The summed E-state index contributed by atoms with van der Waals surface area (Å²) in [6, 6.07) is 18.6. The van der Waals surface area contributed by atoms with E-state index in [4.69, 9.17) is 0 Å². The van der Waals surface area contributed by atoms with Crippen molar-refractivity contribution in [2.75, 3.05) is 0 Å². The Kier molecular flexibility index (Phi) is 8.23. The molecule has 1 saturated carbocycles. The van der Waals surface area contributed by atoms with Crippen LogP contribution < -0.4 is 40.2 Å². The number of hydrogen-bond donors (Lipinski definition) is 2. The van der Waals surface area contributed by atoms with Gasteiger partial charge in [-0.1, -0.05) is 60.7 Å². The quantitative estimate of drug-likeness (QED) is 0.331. The first-order valence-corrected chi connectivity index (χ1v) is 11.4. The third-order valence-corrected chi connectivity index (χ3v) is 9.04. The number of rotatable bonds is 5. The van der Waals surface area contributed by atoms with Crippen molar-refractivity contribution in [3.63, 3.8) is 0 Å². The molecule has 2 aromatic carbocycles. The van der Waals surface area contributed by atoms with Gasteiger partial charge in [-0.25, -0.2) is 8.42 Å². The summed E-state index contributed by atoms with van der Waals surface area (Å²) in [4.78, 5) is 11.6. The van der Waals surface area contributed by atoms with Crippen LogP contribution in [0.4, 0.5) is 0 Å². The molecule has 1 fully saturated rings. The summed E-state index contributed by atoms with van der Waals surface area (Å²) in [6.07, 6.45) is -1.63. The molecular weight excluding hydrogens is 410 g/mol. The van der Waals surface area contributed by atoms with Gasteiger partial charge < -0.3 is 14.8 Å². The molecule has 2 N–H and O–H groups in total. The molecule has 0 aliphatic heterocycles. The Labute approximate surface area is 187 Å². The molecule has 0 spiro atoms. The van der Waals surface area contributed by atoms with Crippen LogP contribution in [0.15, 0.2) is 60.7 Å². The van der Waals surface area contributed by atoms with Crippen molar-refractivity contribution in [1.82, 2.24) is 0 Å². The van der Waals surface area contributed by atoms with Gasteiger partial charge in [0.05, 0.1) is 27.4 Å². The Morgan fingerprint density at radius 3 is 1.82 bits per heavy atom. The van der Waals surface area contributed by atoms with E-state index in [1.54, 1.807) is 0 Å². The van der Waals surface area contributed by atoms with Crippen molar-refractivity contribution in [2.24, 2.45) is 5.92 Å². The smallest absolute Gasteiger partial charge is 0.748 e. The number of benzene rings is 2. The van der Waals surface area contributed by atoms with E-state index in [2.05, 4.69) is 0 Å². The summed E-state index contributed by atoms with van der Waals surface area (Å²) in [5.41, 5.74) is -0.645. The average molecular weight is 430 g/mol. The van der Waals surface area contributed by atoms with Gasteiger partial charge in [-0.15, -0.1) is 0 Å². The maximum atomic E-state index is 11.7. The van der Waals surface area contributed by atoms with Crippen LogP contribution in [0.25, 0.3) is 0 Å². The summed E-state index contributed by atoms with van der Waals surface area (Å²) >= 11 is 0. The first-order valence-electron chi connectivity index (χ1n) is 8.54. The molecular formula is C19H20NaO6PS. The van der Waals surface area contributed by atoms with Crippen LogP contribution >= 0.6 is 7.92 Å². The van der Waals surface area contributed by atoms with E-state index in [9.17, 15) is 28.0 Å². The number of aliphatic hydroxyl groups excluding tert-OH is 1. The van der Waals surface area contributed by atoms with Crippen LogP contribution in [-0.2, 0) is 14.9 Å². The number of carbonyl (C=O) groups is 1. The normalized spacial score (nSPS) is 25.1. The van der Waals surface area contributed by atoms with Crippen molar-refractivity contribution >= 4 is 34.6 Å². The molecule has 0 radical (unpaired) electrons. The van der Waals surface area contributed by atoms with E-state index in [1.165, 1.54) is 0 Å². The first kappa shape index (κ1) is 23.5. The summed E-state index contributed by atoms with van der Waals surface area (Å²) in [5.74, 6) is -2.56.